The number of primary amides is 1. The summed E-state index contributed by atoms with van der Waals surface area (Å²) in [7, 11) is 0. The zero-order valence-electron chi connectivity index (χ0n) is 8.29. The van der Waals surface area contributed by atoms with Crippen LogP contribution in [-0.2, 0) is 0 Å². The van der Waals surface area contributed by atoms with E-state index in [0.29, 0.717) is 4.99 Å². The summed E-state index contributed by atoms with van der Waals surface area (Å²) in [5.41, 5.74) is 4.94. The van der Waals surface area contributed by atoms with Crippen molar-refractivity contribution in [3.8, 4) is 0 Å². The molecule has 3 N–H and O–H groups in total. The summed E-state index contributed by atoms with van der Waals surface area (Å²) in [5, 5.41) is 2.40. The Morgan fingerprint density at radius 2 is 2.07 bits per heavy atom. The van der Waals surface area contributed by atoms with E-state index in [9.17, 15) is 4.79 Å². The number of amides is 2. The minimum absolute atomic E-state index is 0.461. The summed E-state index contributed by atoms with van der Waals surface area (Å²) in [5.74, 6) is 0.747. The number of hydrogen-bond acceptors (Lipinski definition) is 2. The third kappa shape index (κ3) is 4.56. The van der Waals surface area contributed by atoms with Crippen molar-refractivity contribution >= 4 is 23.2 Å². The summed E-state index contributed by atoms with van der Waals surface area (Å²) in [6.45, 7) is 0. The molecule has 1 rings (SSSR count). The molecule has 0 aromatic rings. The Morgan fingerprint density at radius 3 is 2.64 bits per heavy atom. The molecule has 1 aliphatic rings. The Bertz CT molecular complexity index is 212. The van der Waals surface area contributed by atoms with Gasteiger partial charge < -0.3 is 11.1 Å². The molecule has 0 saturated heterocycles. The van der Waals surface area contributed by atoms with Crippen LogP contribution in [0.4, 0.5) is 4.79 Å². The quantitative estimate of drug-likeness (QED) is 0.706. The van der Waals surface area contributed by atoms with Crippen LogP contribution in [0.2, 0.25) is 0 Å². The third-order valence-electron chi connectivity index (χ3n) is 2.61. The fourth-order valence-corrected chi connectivity index (χ4v) is 2.07. The van der Waals surface area contributed by atoms with E-state index in [2.05, 4.69) is 5.32 Å². The van der Waals surface area contributed by atoms with Gasteiger partial charge >= 0.3 is 6.03 Å². The van der Waals surface area contributed by atoms with E-state index >= 15 is 0 Å². The second-order valence-electron chi connectivity index (χ2n) is 3.80. The second-order valence-corrected chi connectivity index (χ2v) is 4.24. The average Bonchev–Trinajstić information content (AvgIpc) is 2.15. The lowest BCUT2D eigenvalue weighted by molar-refractivity contribution is 0.253. The minimum Gasteiger partial charge on any atom is -0.351 e. The fourth-order valence-electron chi connectivity index (χ4n) is 1.87. The second kappa shape index (κ2) is 5.96. The molecule has 3 nitrogen and oxygen atoms in total. The summed E-state index contributed by atoms with van der Waals surface area (Å²) >= 11 is 4.93. The molecule has 0 unspecified atom stereocenters. The molecular weight excluding hydrogens is 196 g/mol. The number of carbonyl (C=O) groups excluding carboxylic acids is 1. The van der Waals surface area contributed by atoms with Gasteiger partial charge in [0, 0.05) is 6.42 Å². The van der Waals surface area contributed by atoms with Crippen LogP contribution in [0.5, 0.6) is 0 Å². The number of urea groups is 1. The maximum absolute atomic E-state index is 10.5. The summed E-state index contributed by atoms with van der Waals surface area (Å²) < 4.78 is 0. The van der Waals surface area contributed by atoms with Crippen molar-refractivity contribution < 1.29 is 4.79 Å². The Morgan fingerprint density at radius 1 is 1.43 bits per heavy atom. The first-order valence-electron chi connectivity index (χ1n) is 5.12. The van der Waals surface area contributed by atoms with Crippen LogP contribution in [0, 0.1) is 12.3 Å². The molecule has 0 heterocycles. The molecule has 79 valence electrons. The number of rotatable bonds is 3. The molecule has 1 aliphatic carbocycles. The highest BCUT2D eigenvalue weighted by atomic mass is 32.1. The number of nitrogens with one attached hydrogen (secondary N) is 1. The van der Waals surface area contributed by atoms with Crippen LogP contribution >= 0.6 is 12.2 Å². The van der Waals surface area contributed by atoms with E-state index in [-0.39, 0.29) is 0 Å². The Labute approximate surface area is 90.4 Å². The first-order chi connectivity index (χ1) is 6.68. The maximum atomic E-state index is 10.5. The molecule has 0 aromatic heterocycles. The molecule has 14 heavy (non-hydrogen) atoms. The van der Waals surface area contributed by atoms with Crippen LogP contribution in [0.3, 0.4) is 0 Å². The first kappa shape index (κ1) is 11.4. The maximum Gasteiger partial charge on any atom is 0.317 e. The van der Waals surface area contributed by atoms with Crippen molar-refractivity contribution in [2.75, 3.05) is 0 Å². The van der Waals surface area contributed by atoms with Gasteiger partial charge in [0.1, 0.15) is 0 Å². The van der Waals surface area contributed by atoms with Gasteiger partial charge in [-0.2, -0.15) is 0 Å². The van der Waals surface area contributed by atoms with Gasteiger partial charge in [-0.15, -0.1) is 0 Å². The standard InChI is InChI=1S/C10H17N2OS/c11-10(13)12-9(14)7-6-8-4-2-1-3-5-8/h7-8H,1-6H2,(H3,11,12,13,14). The van der Waals surface area contributed by atoms with Crippen LogP contribution in [0.1, 0.15) is 38.5 Å². The molecule has 0 aliphatic heterocycles. The topological polar surface area (TPSA) is 55.1 Å². The summed E-state index contributed by atoms with van der Waals surface area (Å²) in [6, 6.07) is -0.574. The van der Waals surface area contributed by atoms with Crippen molar-refractivity contribution in [3.63, 3.8) is 0 Å². The fraction of sp³-hybridized carbons (Fsp3) is 0.700. The third-order valence-corrected chi connectivity index (χ3v) is 2.88. The Kier molecular flexibility index (Phi) is 4.87. The SMILES string of the molecule is NC(=O)NC(=S)[CH]CC1CCCCC1. The normalized spacial score (nSPS) is 17.7. The van der Waals surface area contributed by atoms with E-state index in [0.717, 1.165) is 12.3 Å². The van der Waals surface area contributed by atoms with Gasteiger partial charge in [0.15, 0.2) is 0 Å². The van der Waals surface area contributed by atoms with Gasteiger partial charge in [0.2, 0.25) is 0 Å². The minimum atomic E-state index is -0.574. The predicted octanol–water partition coefficient (Wildman–Crippen LogP) is 2.16. The van der Waals surface area contributed by atoms with Gasteiger partial charge in [-0.3, -0.25) is 0 Å². The van der Waals surface area contributed by atoms with Gasteiger partial charge in [-0.25, -0.2) is 4.79 Å². The summed E-state index contributed by atoms with van der Waals surface area (Å²) in [4.78, 5) is 10.9. The molecule has 4 heteroatoms. The first-order valence-corrected chi connectivity index (χ1v) is 5.53. The Hall–Kier alpha value is -0.640. The average molecular weight is 213 g/mol. The highest BCUT2D eigenvalue weighted by Crippen LogP contribution is 2.26. The van der Waals surface area contributed by atoms with E-state index in [1.54, 1.807) is 0 Å². The zero-order valence-corrected chi connectivity index (χ0v) is 9.11. The number of hydrogen-bond donors (Lipinski definition) is 2. The van der Waals surface area contributed by atoms with Crippen molar-refractivity contribution in [1.29, 1.82) is 0 Å². The smallest absolute Gasteiger partial charge is 0.317 e. The molecule has 1 saturated carbocycles. The molecule has 0 aromatic carbocycles. The van der Waals surface area contributed by atoms with E-state index in [4.69, 9.17) is 18.0 Å². The van der Waals surface area contributed by atoms with Crippen molar-refractivity contribution in [2.45, 2.75) is 38.5 Å². The van der Waals surface area contributed by atoms with Crippen LogP contribution < -0.4 is 11.1 Å². The molecule has 0 bridgehead atoms. The highest BCUT2D eigenvalue weighted by Gasteiger charge is 2.14. The molecule has 2 amide bonds. The molecule has 0 atom stereocenters. The van der Waals surface area contributed by atoms with Crippen molar-refractivity contribution in [2.24, 2.45) is 11.7 Å². The zero-order chi connectivity index (χ0) is 10.4. The largest absolute Gasteiger partial charge is 0.351 e. The molecule has 1 fully saturated rings. The van der Waals surface area contributed by atoms with Gasteiger partial charge in [-0.1, -0.05) is 44.3 Å². The lowest BCUT2D eigenvalue weighted by atomic mass is 9.86. The summed E-state index contributed by atoms with van der Waals surface area (Å²) in [6.07, 6.45) is 9.46. The number of carbonyl (C=O) groups is 1. The van der Waals surface area contributed by atoms with Crippen molar-refractivity contribution in [1.82, 2.24) is 5.32 Å². The van der Waals surface area contributed by atoms with Crippen molar-refractivity contribution in [3.05, 3.63) is 6.42 Å². The predicted molar refractivity (Wildman–Crippen MR) is 60.8 cm³/mol. The lowest BCUT2D eigenvalue weighted by Crippen LogP contribution is -2.34. The van der Waals surface area contributed by atoms with Crippen LogP contribution in [0.25, 0.3) is 0 Å². The number of nitrogens with two attached hydrogens (primary N) is 1. The van der Waals surface area contributed by atoms with Crippen LogP contribution in [0.15, 0.2) is 0 Å². The molecule has 1 radical (unpaired) electrons. The van der Waals surface area contributed by atoms with Gasteiger partial charge in [0.25, 0.3) is 0 Å². The van der Waals surface area contributed by atoms with E-state index < -0.39 is 6.03 Å². The van der Waals surface area contributed by atoms with Gasteiger partial charge in [0.05, 0.1) is 4.99 Å². The van der Waals surface area contributed by atoms with E-state index in [1.165, 1.54) is 32.1 Å². The van der Waals surface area contributed by atoms with Crippen LogP contribution in [-0.4, -0.2) is 11.0 Å². The monoisotopic (exact) mass is 213 g/mol. The Balaban J connectivity index is 2.12. The van der Waals surface area contributed by atoms with E-state index in [1.807, 2.05) is 6.42 Å². The van der Waals surface area contributed by atoms with Gasteiger partial charge in [-0.05, 0) is 12.3 Å². The lowest BCUT2D eigenvalue weighted by Gasteiger charge is -2.21. The molecule has 0 spiro atoms. The molecular formula is C10H17N2OS. The highest BCUT2D eigenvalue weighted by molar-refractivity contribution is 7.80. The number of thiocarbonyl (C=S) groups is 1.